The normalized spacial score (nSPS) is 25.0. The predicted octanol–water partition coefficient (Wildman–Crippen LogP) is 7.60. The van der Waals surface area contributed by atoms with Crippen molar-refractivity contribution in [1.82, 2.24) is 9.88 Å². The number of allylic oxidation sites excluding steroid dienone is 1. The Kier molecular flexibility index (Phi) is 10.7. The van der Waals surface area contributed by atoms with Gasteiger partial charge in [0.1, 0.15) is 23.7 Å². The molecule has 3 aliphatic rings. The van der Waals surface area contributed by atoms with Gasteiger partial charge in [-0.15, -0.1) is 6.58 Å². The lowest BCUT2D eigenvalue weighted by Crippen LogP contribution is -2.48. The van der Waals surface area contributed by atoms with E-state index < -0.39 is 42.0 Å². The van der Waals surface area contributed by atoms with Crippen LogP contribution in [0.2, 0.25) is 0 Å². The third-order valence-electron chi connectivity index (χ3n) is 11.3. The topological polar surface area (TPSA) is 132 Å². The highest BCUT2D eigenvalue weighted by Crippen LogP contribution is 2.71. The third kappa shape index (κ3) is 7.84. The van der Waals surface area contributed by atoms with Crippen LogP contribution in [-0.4, -0.2) is 76.2 Å². The molecule has 2 saturated carbocycles. The van der Waals surface area contributed by atoms with Crippen molar-refractivity contribution in [2.45, 2.75) is 95.5 Å². The molecule has 1 unspecified atom stereocenters. The maximum Gasteiger partial charge on any atom is 0.306 e. The quantitative estimate of drug-likeness (QED) is 0.107. The summed E-state index contributed by atoms with van der Waals surface area (Å²) in [6.07, 6.45) is 4.90. The van der Waals surface area contributed by atoms with E-state index in [1.165, 1.54) is 6.66 Å². The van der Waals surface area contributed by atoms with E-state index in [4.69, 9.17) is 19.2 Å². The number of ketones is 1. The molecule has 6 atom stereocenters. The monoisotopic (exact) mass is 730 g/mol. The highest BCUT2D eigenvalue weighted by molar-refractivity contribution is 7.59. The van der Waals surface area contributed by atoms with Gasteiger partial charge in [0.05, 0.1) is 48.4 Å². The summed E-state index contributed by atoms with van der Waals surface area (Å²) in [7, 11) is -2.10. The molecule has 1 saturated heterocycles. The molecular formula is C41H51N2O8P. The number of hydrogen-bond acceptors (Lipinski definition) is 8. The molecule has 11 heteroatoms. The first-order valence-electron chi connectivity index (χ1n) is 18.3. The van der Waals surface area contributed by atoms with Crippen LogP contribution in [0.1, 0.15) is 72.1 Å². The Morgan fingerprint density at radius 1 is 1.10 bits per heavy atom. The summed E-state index contributed by atoms with van der Waals surface area (Å²) in [5.74, 6) is -0.884. The molecule has 1 aromatic heterocycles. The Morgan fingerprint density at radius 3 is 2.42 bits per heavy atom. The Labute approximate surface area is 306 Å². The molecule has 0 bridgehead atoms. The number of aromatic nitrogens is 1. The zero-order valence-corrected chi connectivity index (χ0v) is 31.8. The zero-order valence-electron chi connectivity index (χ0n) is 30.9. The minimum absolute atomic E-state index is 0.0981. The number of pyridine rings is 1. The number of carbonyl (C=O) groups is 3. The van der Waals surface area contributed by atoms with E-state index in [0.29, 0.717) is 29.1 Å². The van der Waals surface area contributed by atoms with E-state index in [-0.39, 0.29) is 49.5 Å². The molecule has 2 aromatic carbocycles. The standard InChI is InChI=1S/C41H51N2O8P/c1-7-27-23-41(27,52(6,47)48)24-36(44)35-20-30(25-43(35)39(46)32(40(2,3)4)21-38(45)51-28-15-11-12-16-28)50-37-22-33(26-13-9-8-10-14-26)42-34-19-29(49-5)17-18-31(34)37/h7-10,13-14,17-19,22,27-28,30,32,35H,1,11-12,15-16,20-21,23-25H2,2-6H3,(H,47,48)/t27-,30-,32-,35+,41-/m1/s1. The van der Waals surface area contributed by atoms with Gasteiger partial charge in [0.25, 0.3) is 0 Å². The fraction of sp³-hybridized carbons (Fsp3) is 0.512. The maximum atomic E-state index is 14.7. The summed E-state index contributed by atoms with van der Waals surface area (Å²) in [4.78, 5) is 59.4. The smallest absolute Gasteiger partial charge is 0.306 e. The number of esters is 1. The summed E-state index contributed by atoms with van der Waals surface area (Å²) < 4.78 is 31.1. The van der Waals surface area contributed by atoms with Gasteiger partial charge in [-0.1, -0.05) is 57.2 Å². The summed E-state index contributed by atoms with van der Waals surface area (Å²) in [6, 6.07) is 16.2. The van der Waals surface area contributed by atoms with Gasteiger partial charge in [0.2, 0.25) is 13.3 Å². The van der Waals surface area contributed by atoms with Gasteiger partial charge < -0.3 is 24.0 Å². The Bertz CT molecular complexity index is 1880. The van der Waals surface area contributed by atoms with Crippen LogP contribution in [0.3, 0.4) is 0 Å². The first-order chi connectivity index (χ1) is 24.6. The van der Waals surface area contributed by atoms with Crippen molar-refractivity contribution < 1.29 is 38.1 Å². The van der Waals surface area contributed by atoms with Gasteiger partial charge in [0.15, 0.2) is 5.78 Å². The molecule has 2 aliphatic carbocycles. The number of ether oxygens (including phenoxy) is 3. The van der Waals surface area contributed by atoms with Crippen molar-refractivity contribution in [3.8, 4) is 22.8 Å². The second-order valence-electron chi connectivity index (χ2n) is 15.9. The summed E-state index contributed by atoms with van der Waals surface area (Å²) in [5, 5.41) is -0.354. The van der Waals surface area contributed by atoms with Gasteiger partial charge in [0, 0.05) is 42.6 Å². The fourth-order valence-electron chi connectivity index (χ4n) is 8.01. The molecule has 0 radical (unpaired) electrons. The molecule has 1 N–H and O–H groups in total. The van der Waals surface area contributed by atoms with Crippen molar-refractivity contribution >= 4 is 35.9 Å². The van der Waals surface area contributed by atoms with Gasteiger partial charge in [-0.25, -0.2) is 4.98 Å². The maximum absolute atomic E-state index is 14.7. The lowest BCUT2D eigenvalue weighted by Gasteiger charge is -2.35. The molecule has 1 aliphatic heterocycles. The lowest BCUT2D eigenvalue weighted by molar-refractivity contribution is -0.156. The Hall–Kier alpha value is -4.01. The van der Waals surface area contributed by atoms with E-state index in [2.05, 4.69) is 6.58 Å². The Balaban J connectivity index is 1.33. The predicted molar refractivity (Wildman–Crippen MR) is 201 cm³/mol. The number of benzene rings is 2. The second-order valence-corrected chi connectivity index (χ2v) is 18.6. The van der Waals surface area contributed by atoms with E-state index in [1.54, 1.807) is 18.1 Å². The van der Waals surface area contributed by atoms with Gasteiger partial charge >= 0.3 is 5.97 Å². The molecule has 10 nitrogen and oxygen atoms in total. The van der Waals surface area contributed by atoms with E-state index >= 15 is 0 Å². The number of hydrogen-bond donors (Lipinski definition) is 1. The van der Waals surface area contributed by atoms with E-state index in [0.717, 1.165) is 36.6 Å². The number of rotatable bonds is 13. The van der Waals surface area contributed by atoms with Crippen LogP contribution < -0.4 is 9.47 Å². The van der Waals surface area contributed by atoms with Crippen LogP contribution in [-0.2, 0) is 23.7 Å². The minimum atomic E-state index is -3.69. The van der Waals surface area contributed by atoms with Gasteiger partial charge in [-0.05, 0) is 55.6 Å². The molecule has 3 aromatic rings. The van der Waals surface area contributed by atoms with Crippen LogP contribution in [0, 0.1) is 17.3 Å². The molecule has 1 amide bonds. The number of nitrogens with zero attached hydrogens (tertiary/aromatic N) is 2. The summed E-state index contributed by atoms with van der Waals surface area (Å²) in [5.41, 5.74) is 1.62. The number of fused-ring (bicyclic) bond motifs is 1. The largest absolute Gasteiger partial charge is 0.497 e. The van der Waals surface area contributed by atoms with Crippen LogP contribution in [0.25, 0.3) is 22.2 Å². The van der Waals surface area contributed by atoms with Crippen LogP contribution >= 0.6 is 7.37 Å². The number of likely N-dealkylation sites (tertiary alicyclic amines) is 1. The molecule has 52 heavy (non-hydrogen) atoms. The first kappa shape index (κ1) is 37.7. The lowest BCUT2D eigenvalue weighted by atomic mass is 9.77. The molecule has 278 valence electrons. The highest BCUT2D eigenvalue weighted by Gasteiger charge is 2.63. The average Bonchev–Trinajstić information content (AvgIpc) is 3.37. The molecule has 3 fully saturated rings. The number of Topliss-reactive ketones (excluding diaryl/α,β-unsaturated/α-hetero) is 1. The average molecular weight is 731 g/mol. The molecular weight excluding hydrogens is 679 g/mol. The van der Waals surface area contributed by atoms with Crippen molar-refractivity contribution in [1.29, 1.82) is 0 Å². The molecule has 2 heterocycles. The Morgan fingerprint density at radius 2 is 1.81 bits per heavy atom. The minimum Gasteiger partial charge on any atom is -0.497 e. The number of amides is 1. The van der Waals surface area contributed by atoms with Crippen molar-refractivity contribution in [2.75, 3.05) is 20.3 Å². The number of methoxy groups -OCH3 is 1. The molecule has 0 spiro atoms. The van der Waals surface area contributed by atoms with Crippen molar-refractivity contribution in [2.24, 2.45) is 17.3 Å². The number of carbonyl (C=O) groups excluding carboxylic acids is 3. The van der Waals surface area contributed by atoms with E-state index in [1.807, 2.05) is 75.4 Å². The fourth-order valence-corrected chi connectivity index (χ4v) is 9.72. The van der Waals surface area contributed by atoms with Crippen LogP contribution in [0.5, 0.6) is 11.5 Å². The first-order valence-corrected chi connectivity index (χ1v) is 20.4. The highest BCUT2D eigenvalue weighted by atomic mass is 31.2. The molecule has 6 rings (SSSR count). The van der Waals surface area contributed by atoms with Crippen molar-refractivity contribution in [3.05, 3.63) is 67.3 Å². The zero-order chi connectivity index (χ0) is 37.4. The summed E-state index contributed by atoms with van der Waals surface area (Å²) in [6.45, 7) is 11.0. The van der Waals surface area contributed by atoms with Crippen LogP contribution in [0.4, 0.5) is 0 Å². The van der Waals surface area contributed by atoms with E-state index in [9.17, 15) is 23.8 Å². The third-order valence-corrected chi connectivity index (χ3v) is 13.6. The summed E-state index contributed by atoms with van der Waals surface area (Å²) >= 11 is 0. The SMILES string of the molecule is C=C[C@@H]1C[C@]1(CC(=O)[C@@H]1C[C@@H](Oc2cc(-c3ccccc3)nc3cc(OC)ccc23)CN1C(=O)[C@@H](CC(=O)OC1CCCC1)C(C)(C)C)P(C)(=O)O. The van der Waals surface area contributed by atoms with Crippen molar-refractivity contribution in [3.63, 3.8) is 0 Å². The van der Waals surface area contributed by atoms with Gasteiger partial charge in [-0.2, -0.15) is 0 Å². The van der Waals surface area contributed by atoms with Gasteiger partial charge in [-0.3, -0.25) is 18.9 Å². The second kappa shape index (κ2) is 14.8. The van der Waals surface area contributed by atoms with Crippen LogP contribution in [0.15, 0.2) is 67.3 Å².